The van der Waals surface area contributed by atoms with Gasteiger partial charge in [0.1, 0.15) is 0 Å². The number of nitrogens with zero attached hydrogens (tertiary/aromatic N) is 2. The summed E-state index contributed by atoms with van der Waals surface area (Å²) < 4.78 is 2.15. The second-order valence-electron chi connectivity index (χ2n) is 4.83. The maximum atomic E-state index is 4.05. The van der Waals surface area contributed by atoms with Gasteiger partial charge in [0.2, 0.25) is 0 Å². The Balaban J connectivity index is 1.58. The maximum Gasteiger partial charge on any atom is 0.0945 e. The summed E-state index contributed by atoms with van der Waals surface area (Å²) in [5.74, 6) is 0. The Morgan fingerprint density at radius 2 is 2.41 bits per heavy atom. The van der Waals surface area contributed by atoms with E-state index in [4.69, 9.17) is 0 Å². The zero-order valence-electron chi connectivity index (χ0n) is 10.6. The molecule has 0 amide bonds. The fourth-order valence-electron chi connectivity index (χ4n) is 2.53. The molecule has 2 unspecified atom stereocenters. The zero-order valence-corrected chi connectivity index (χ0v) is 11.5. The quantitative estimate of drug-likeness (QED) is 0.790. The van der Waals surface area contributed by atoms with Gasteiger partial charge < -0.3 is 9.88 Å². The normalized spacial score (nSPS) is 25.0. The van der Waals surface area contributed by atoms with Crippen molar-refractivity contribution < 1.29 is 0 Å². The monoisotopic (exact) mass is 253 g/mol. The SMILES string of the molecule is CSC1CCCC(NCCCn2ccnc2)C1. The van der Waals surface area contributed by atoms with Gasteiger partial charge in [0.25, 0.3) is 0 Å². The summed E-state index contributed by atoms with van der Waals surface area (Å²) in [5.41, 5.74) is 0. The third-order valence-electron chi connectivity index (χ3n) is 3.54. The molecule has 2 atom stereocenters. The molecule has 96 valence electrons. The van der Waals surface area contributed by atoms with Gasteiger partial charge >= 0.3 is 0 Å². The molecular weight excluding hydrogens is 230 g/mol. The van der Waals surface area contributed by atoms with Crippen LogP contribution in [0.4, 0.5) is 0 Å². The van der Waals surface area contributed by atoms with Crippen molar-refractivity contribution in [2.75, 3.05) is 12.8 Å². The van der Waals surface area contributed by atoms with Crippen molar-refractivity contribution in [1.82, 2.24) is 14.9 Å². The van der Waals surface area contributed by atoms with Crippen LogP contribution in [0.5, 0.6) is 0 Å². The molecule has 17 heavy (non-hydrogen) atoms. The third-order valence-corrected chi connectivity index (χ3v) is 4.64. The zero-order chi connectivity index (χ0) is 11.9. The molecule has 0 aromatic carbocycles. The van der Waals surface area contributed by atoms with Crippen molar-refractivity contribution in [3.63, 3.8) is 0 Å². The van der Waals surface area contributed by atoms with Gasteiger partial charge in [-0.2, -0.15) is 11.8 Å². The molecule has 1 aromatic heterocycles. The summed E-state index contributed by atoms with van der Waals surface area (Å²) in [6, 6.07) is 0.754. The van der Waals surface area contributed by atoms with E-state index in [1.807, 2.05) is 30.5 Å². The van der Waals surface area contributed by atoms with Crippen molar-refractivity contribution in [3.8, 4) is 0 Å². The van der Waals surface area contributed by atoms with E-state index in [0.717, 1.165) is 24.4 Å². The van der Waals surface area contributed by atoms with Crippen molar-refractivity contribution in [1.29, 1.82) is 0 Å². The molecule has 1 saturated carbocycles. The molecule has 0 saturated heterocycles. The predicted octanol–water partition coefficient (Wildman–Crippen LogP) is 2.54. The smallest absolute Gasteiger partial charge is 0.0945 e. The minimum Gasteiger partial charge on any atom is -0.337 e. The Labute approximate surface area is 108 Å². The first-order chi connectivity index (χ1) is 8.38. The van der Waals surface area contributed by atoms with E-state index in [1.165, 1.54) is 32.1 Å². The van der Waals surface area contributed by atoms with Gasteiger partial charge in [0.05, 0.1) is 6.33 Å². The van der Waals surface area contributed by atoms with E-state index in [1.54, 1.807) is 0 Å². The van der Waals surface area contributed by atoms with Crippen LogP contribution in [0.3, 0.4) is 0 Å². The Hall–Kier alpha value is -0.480. The lowest BCUT2D eigenvalue weighted by Gasteiger charge is -2.28. The first-order valence-electron chi connectivity index (χ1n) is 6.60. The average Bonchev–Trinajstić information content (AvgIpc) is 2.88. The van der Waals surface area contributed by atoms with E-state index in [9.17, 15) is 0 Å². The molecule has 2 rings (SSSR count). The summed E-state index contributed by atoms with van der Waals surface area (Å²) in [7, 11) is 0. The summed E-state index contributed by atoms with van der Waals surface area (Å²) >= 11 is 2.03. The predicted molar refractivity (Wildman–Crippen MR) is 74.4 cm³/mol. The highest BCUT2D eigenvalue weighted by Gasteiger charge is 2.20. The van der Waals surface area contributed by atoms with Crippen LogP contribution in [0.15, 0.2) is 18.7 Å². The van der Waals surface area contributed by atoms with Crippen molar-refractivity contribution >= 4 is 11.8 Å². The molecule has 1 N–H and O–H groups in total. The number of aromatic nitrogens is 2. The topological polar surface area (TPSA) is 29.9 Å². The van der Waals surface area contributed by atoms with Crippen LogP contribution in [-0.4, -0.2) is 33.6 Å². The minimum absolute atomic E-state index is 0.754. The second-order valence-corrected chi connectivity index (χ2v) is 5.97. The van der Waals surface area contributed by atoms with Crippen molar-refractivity contribution in [3.05, 3.63) is 18.7 Å². The summed E-state index contributed by atoms with van der Waals surface area (Å²) in [6.07, 6.45) is 14.7. The number of imidazole rings is 1. The van der Waals surface area contributed by atoms with Crippen LogP contribution in [0.25, 0.3) is 0 Å². The van der Waals surface area contributed by atoms with E-state index in [2.05, 4.69) is 21.1 Å². The molecule has 1 aromatic rings. The van der Waals surface area contributed by atoms with Crippen LogP contribution in [-0.2, 0) is 6.54 Å². The van der Waals surface area contributed by atoms with Gasteiger partial charge in [0.15, 0.2) is 0 Å². The first kappa shape index (κ1) is 13.0. The molecule has 1 aliphatic carbocycles. The molecule has 1 aliphatic rings. The maximum absolute atomic E-state index is 4.05. The summed E-state index contributed by atoms with van der Waals surface area (Å²) in [5, 5.41) is 4.59. The molecule has 4 heteroatoms. The molecule has 0 bridgehead atoms. The molecule has 1 fully saturated rings. The summed E-state index contributed by atoms with van der Waals surface area (Å²) in [4.78, 5) is 4.05. The molecule has 3 nitrogen and oxygen atoms in total. The number of hydrogen-bond acceptors (Lipinski definition) is 3. The van der Waals surface area contributed by atoms with Crippen LogP contribution in [0, 0.1) is 0 Å². The lowest BCUT2D eigenvalue weighted by Crippen LogP contribution is -2.35. The minimum atomic E-state index is 0.754. The van der Waals surface area contributed by atoms with Gasteiger partial charge in [-0.1, -0.05) is 6.42 Å². The number of hydrogen-bond donors (Lipinski definition) is 1. The Morgan fingerprint density at radius 1 is 1.47 bits per heavy atom. The van der Waals surface area contributed by atoms with Gasteiger partial charge in [-0.25, -0.2) is 4.98 Å². The lowest BCUT2D eigenvalue weighted by atomic mass is 9.95. The molecule has 0 radical (unpaired) electrons. The highest BCUT2D eigenvalue weighted by molar-refractivity contribution is 7.99. The number of aryl methyl sites for hydroxylation is 1. The van der Waals surface area contributed by atoms with Gasteiger partial charge in [0, 0.05) is 30.2 Å². The first-order valence-corrected chi connectivity index (χ1v) is 7.89. The van der Waals surface area contributed by atoms with Crippen LogP contribution in [0.1, 0.15) is 32.1 Å². The number of thioether (sulfide) groups is 1. The highest BCUT2D eigenvalue weighted by Crippen LogP contribution is 2.26. The third kappa shape index (κ3) is 4.36. The van der Waals surface area contributed by atoms with Crippen LogP contribution >= 0.6 is 11.8 Å². The number of nitrogens with one attached hydrogen (secondary N) is 1. The van der Waals surface area contributed by atoms with Crippen LogP contribution in [0.2, 0.25) is 0 Å². The van der Waals surface area contributed by atoms with Crippen LogP contribution < -0.4 is 5.32 Å². The van der Waals surface area contributed by atoms with Crippen molar-refractivity contribution in [2.24, 2.45) is 0 Å². The standard InChI is InChI=1S/C13H23N3S/c1-17-13-5-2-4-12(10-13)15-6-3-8-16-9-7-14-11-16/h7,9,11-13,15H,2-6,8,10H2,1H3. The van der Waals surface area contributed by atoms with Crippen molar-refractivity contribution in [2.45, 2.75) is 49.9 Å². The lowest BCUT2D eigenvalue weighted by molar-refractivity contribution is 0.376. The second kappa shape index (κ2) is 7.07. The van der Waals surface area contributed by atoms with E-state index in [-0.39, 0.29) is 0 Å². The molecule has 0 aliphatic heterocycles. The summed E-state index contributed by atoms with van der Waals surface area (Å²) in [6.45, 7) is 2.20. The Bertz CT molecular complexity index is 300. The Morgan fingerprint density at radius 3 is 3.18 bits per heavy atom. The van der Waals surface area contributed by atoms with E-state index < -0.39 is 0 Å². The molecular formula is C13H23N3S. The largest absolute Gasteiger partial charge is 0.337 e. The van der Waals surface area contributed by atoms with Gasteiger partial charge in [-0.15, -0.1) is 0 Å². The highest BCUT2D eigenvalue weighted by atomic mass is 32.2. The Kier molecular flexibility index (Phi) is 5.39. The molecule has 1 heterocycles. The van der Waals surface area contributed by atoms with Gasteiger partial charge in [-0.3, -0.25) is 0 Å². The molecule has 0 spiro atoms. The average molecular weight is 253 g/mol. The van der Waals surface area contributed by atoms with E-state index in [0.29, 0.717) is 0 Å². The number of rotatable bonds is 6. The van der Waals surface area contributed by atoms with E-state index >= 15 is 0 Å². The fourth-order valence-corrected chi connectivity index (χ4v) is 3.36. The fraction of sp³-hybridized carbons (Fsp3) is 0.769. The van der Waals surface area contributed by atoms with Gasteiger partial charge in [-0.05, 0) is 38.5 Å².